The van der Waals surface area contributed by atoms with Gasteiger partial charge in [0.05, 0.1) is 6.61 Å². The molecule has 1 saturated carbocycles. The fraction of sp³-hybridized carbons (Fsp3) is 0.913. The highest BCUT2D eigenvalue weighted by Crippen LogP contribution is 2.51. The van der Waals surface area contributed by atoms with Gasteiger partial charge in [-0.25, -0.2) is 4.79 Å². The van der Waals surface area contributed by atoms with E-state index in [0.717, 1.165) is 32.5 Å². The second kappa shape index (κ2) is 8.83. The molecule has 0 N–H and O–H groups in total. The van der Waals surface area contributed by atoms with Gasteiger partial charge in [0.15, 0.2) is 0 Å². The SMILES string of the molecule is CCCC(=O)N1CCCC1C1CCN(C2CC3(CCN(C(=O)OCC)C3)C2)CC1. The fourth-order valence-electron chi connectivity index (χ4n) is 6.46. The Morgan fingerprint density at radius 2 is 1.79 bits per heavy atom. The number of hydrogen-bond donors (Lipinski definition) is 0. The fourth-order valence-corrected chi connectivity index (χ4v) is 6.46. The maximum atomic E-state index is 12.5. The van der Waals surface area contributed by atoms with Gasteiger partial charge in [0.2, 0.25) is 5.91 Å². The van der Waals surface area contributed by atoms with Gasteiger partial charge in [-0.3, -0.25) is 4.79 Å². The summed E-state index contributed by atoms with van der Waals surface area (Å²) in [5.74, 6) is 1.07. The van der Waals surface area contributed by atoms with E-state index in [4.69, 9.17) is 4.74 Å². The van der Waals surface area contributed by atoms with Crippen LogP contribution in [-0.2, 0) is 9.53 Å². The van der Waals surface area contributed by atoms with Crippen molar-refractivity contribution >= 4 is 12.0 Å². The number of carbonyl (C=O) groups is 2. The lowest BCUT2D eigenvalue weighted by molar-refractivity contribution is -0.133. The molecule has 3 aliphatic heterocycles. The van der Waals surface area contributed by atoms with Gasteiger partial charge in [0.25, 0.3) is 0 Å². The lowest BCUT2D eigenvalue weighted by atomic mass is 9.64. The van der Waals surface area contributed by atoms with Crippen LogP contribution in [0.2, 0.25) is 0 Å². The number of likely N-dealkylation sites (tertiary alicyclic amines) is 3. The summed E-state index contributed by atoms with van der Waals surface area (Å²) in [6.07, 6.45) is 10.00. The summed E-state index contributed by atoms with van der Waals surface area (Å²) >= 11 is 0. The van der Waals surface area contributed by atoms with Crippen LogP contribution >= 0.6 is 0 Å². The van der Waals surface area contributed by atoms with Gasteiger partial charge in [-0.15, -0.1) is 0 Å². The highest BCUT2D eigenvalue weighted by Gasteiger charge is 2.51. The first-order valence-electron chi connectivity index (χ1n) is 12.0. The van der Waals surface area contributed by atoms with Crippen LogP contribution in [0.25, 0.3) is 0 Å². The van der Waals surface area contributed by atoms with E-state index in [-0.39, 0.29) is 6.09 Å². The molecule has 164 valence electrons. The third-order valence-electron chi connectivity index (χ3n) is 8.02. The summed E-state index contributed by atoms with van der Waals surface area (Å²) in [6.45, 7) is 9.51. The van der Waals surface area contributed by atoms with Crippen molar-refractivity contribution < 1.29 is 14.3 Å². The molecule has 3 saturated heterocycles. The summed E-state index contributed by atoms with van der Waals surface area (Å²) in [7, 11) is 0. The molecule has 4 fully saturated rings. The van der Waals surface area contributed by atoms with E-state index >= 15 is 0 Å². The van der Waals surface area contributed by atoms with E-state index in [1.165, 1.54) is 51.6 Å². The zero-order chi connectivity index (χ0) is 20.4. The Bertz CT molecular complexity index is 596. The average molecular weight is 406 g/mol. The van der Waals surface area contributed by atoms with Gasteiger partial charge < -0.3 is 19.4 Å². The minimum atomic E-state index is -0.132. The molecule has 3 heterocycles. The Hall–Kier alpha value is -1.30. The number of amides is 2. The molecule has 0 radical (unpaired) electrons. The summed E-state index contributed by atoms with van der Waals surface area (Å²) in [4.78, 5) is 31.3. The van der Waals surface area contributed by atoms with Crippen LogP contribution in [0.3, 0.4) is 0 Å². The van der Waals surface area contributed by atoms with Crippen molar-refractivity contribution in [2.24, 2.45) is 11.3 Å². The molecule has 29 heavy (non-hydrogen) atoms. The largest absolute Gasteiger partial charge is 0.450 e. The third kappa shape index (κ3) is 4.28. The zero-order valence-corrected chi connectivity index (χ0v) is 18.4. The Labute approximate surface area is 175 Å². The predicted molar refractivity (Wildman–Crippen MR) is 113 cm³/mol. The number of hydrogen-bond acceptors (Lipinski definition) is 4. The first-order chi connectivity index (χ1) is 14.0. The molecule has 1 unspecified atom stereocenters. The highest BCUT2D eigenvalue weighted by molar-refractivity contribution is 5.76. The summed E-state index contributed by atoms with van der Waals surface area (Å²) in [5.41, 5.74) is 0.350. The van der Waals surface area contributed by atoms with Gasteiger partial charge in [-0.1, -0.05) is 6.92 Å². The quantitative estimate of drug-likeness (QED) is 0.702. The average Bonchev–Trinajstić information content (AvgIpc) is 3.35. The lowest BCUT2D eigenvalue weighted by Crippen LogP contribution is -2.55. The van der Waals surface area contributed by atoms with Crippen molar-refractivity contribution in [2.75, 3.05) is 39.3 Å². The second-order valence-electron chi connectivity index (χ2n) is 9.85. The van der Waals surface area contributed by atoms with Crippen LogP contribution in [0, 0.1) is 11.3 Å². The lowest BCUT2D eigenvalue weighted by Gasteiger charge is -2.52. The number of piperidine rings is 1. The first kappa shape index (κ1) is 21.0. The van der Waals surface area contributed by atoms with Crippen molar-refractivity contribution in [2.45, 2.75) is 83.7 Å². The van der Waals surface area contributed by atoms with Crippen LogP contribution in [-0.4, -0.2) is 78.1 Å². The van der Waals surface area contributed by atoms with Gasteiger partial charge in [0.1, 0.15) is 0 Å². The van der Waals surface area contributed by atoms with Gasteiger partial charge in [0, 0.05) is 38.1 Å². The molecule has 1 spiro atoms. The van der Waals surface area contributed by atoms with E-state index in [1.54, 1.807) is 0 Å². The number of ether oxygens (including phenoxy) is 1. The molecular formula is C23H39N3O3. The number of rotatable bonds is 5. The Kier molecular flexibility index (Phi) is 6.38. The molecule has 6 nitrogen and oxygen atoms in total. The van der Waals surface area contributed by atoms with Crippen LogP contribution < -0.4 is 0 Å². The molecule has 4 aliphatic rings. The minimum Gasteiger partial charge on any atom is -0.450 e. The van der Waals surface area contributed by atoms with Crippen molar-refractivity contribution in [1.29, 1.82) is 0 Å². The summed E-state index contributed by atoms with van der Waals surface area (Å²) < 4.78 is 5.18. The molecule has 0 aromatic carbocycles. The Morgan fingerprint density at radius 1 is 1.03 bits per heavy atom. The molecular weight excluding hydrogens is 366 g/mol. The highest BCUT2D eigenvalue weighted by atomic mass is 16.6. The number of nitrogens with zero attached hydrogens (tertiary/aromatic N) is 3. The topological polar surface area (TPSA) is 53.1 Å². The Balaban J connectivity index is 1.22. The molecule has 4 rings (SSSR count). The maximum absolute atomic E-state index is 12.5. The Morgan fingerprint density at radius 3 is 2.48 bits per heavy atom. The molecule has 1 aliphatic carbocycles. The molecule has 0 aromatic rings. The standard InChI is InChI=1S/C23H39N3O3/c1-3-6-21(27)26-11-5-7-20(26)18-8-12-24(13-9-18)19-15-23(16-19)10-14-25(17-23)22(28)29-4-2/h18-20H,3-17H2,1-2H3. The predicted octanol–water partition coefficient (Wildman–Crippen LogP) is 3.50. The summed E-state index contributed by atoms with van der Waals surface area (Å²) in [5, 5.41) is 0. The van der Waals surface area contributed by atoms with Crippen LogP contribution in [0.1, 0.15) is 71.6 Å². The van der Waals surface area contributed by atoms with E-state index in [2.05, 4.69) is 16.7 Å². The molecule has 1 atom stereocenters. The third-order valence-corrected chi connectivity index (χ3v) is 8.02. The first-order valence-corrected chi connectivity index (χ1v) is 12.0. The normalized spacial score (nSPS) is 33.3. The minimum absolute atomic E-state index is 0.132. The van der Waals surface area contributed by atoms with E-state index < -0.39 is 0 Å². The van der Waals surface area contributed by atoms with Crippen molar-refractivity contribution in [3.8, 4) is 0 Å². The van der Waals surface area contributed by atoms with E-state index in [1.807, 2.05) is 11.8 Å². The van der Waals surface area contributed by atoms with Crippen LogP contribution in [0.15, 0.2) is 0 Å². The van der Waals surface area contributed by atoms with Gasteiger partial charge >= 0.3 is 6.09 Å². The molecule has 6 heteroatoms. The second-order valence-corrected chi connectivity index (χ2v) is 9.85. The van der Waals surface area contributed by atoms with Crippen LogP contribution in [0.4, 0.5) is 4.79 Å². The zero-order valence-electron chi connectivity index (χ0n) is 18.4. The maximum Gasteiger partial charge on any atom is 0.409 e. The smallest absolute Gasteiger partial charge is 0.409 e. The number of carbonyl (C=O) groups excluding carboxylic acids is 2. The molecule has 0 aromatic heterocycles. The molecule has 0 bridgehead atoms. The van der Waals surface area contributed by atoms with Crippen molar-refractivity contribution in [3.05, 3.63) is 0 Å². The van der Waals surface area contributed by atoms with Crippen molar-refractivity contribution in [1.82, 2.24) is 14.7 Å². The van der Waals surface area contributed by atoms with Gasteiger partial charge in [-0.2, -0.15) is 0 Å². The van der Waals surface area contributed by atoms with E-state index in [9.17, 15) is 9.59 Å². The van der Waals surface area contributed by atoms with Crippen molar-refractivity contribution in [3.63, 3.8) is 0 Å². The molecule has 2 amide bonds. The summed E-state index contributed by atoms with van der Waals surface area (Å²) in [6, 6.07) is 1.19. The monoisotopic (exact) mass is 405 g/mol. The van der Waals surface area contributed by atoms with Gasteiger partial charge in [-0.05, 0) is 82.7 Å². The van der Waals surface area contributed by atoms with E-state index in [0.29, 0.717) is 42.4 Å². The van der Waals surface area contributed by atoms with Crippen LogP contribution in [0.5, 0.6) is 0 Å².